The summed E-state index contributed by atoms with van der Waals surface area (Å²) in [4.78, 5) is 11.7. The van der Waals surface area contributed by atoms with Crippen molar-refractivity contribution < 1.29 is 8.78 Å². The lowest BCUT2D eigenvalue weighted by Crippen LogP contribution is -2.43. The van der Waals surface area contributed by atoms with Crippen molar-refractivity contribution in [3.8, 4) is 0 Å². The molecule has 1 saturated heterocycles. The number of hydrogen-bond acceptors (Lipinski definition) is 4. The molecule has 0 aliphatic carbocycles. The van der Waals surface area contributed by atoms with Crippen LogP contribution in [0.2, 0.25) is 0 Å². The topological polar surface area (TPSA) is 41.1 Å². The van der Waals surface area contributed by atoms with E-state index in [0.717, 1.165) is 54.5 Å². The van der Waals surface area contributed by atoms with Crippen LogP contribution in [-0.2, 0) is 6.54 Å². The standard InChI is InChI=1S/C22H24F2N4/c1-14-6-7-20-18(12-14)15(2)26-22(27-20)28-10-8-17(9-11-28)25-13-16-4-3-5-19(23)21(16)24/h3-7,12,17,25H,8-11,13H2,1-2H3. The number of fused-ring (bicyclic) bond motifs is 1. The van der Waals surface area contributed by atoms with E-state index < -0.39 is 11.6 Å². The molecule has 0 atom stereocenters. The van der Waals surface area contributed by atoms with E-state index in [1.165, 1.54) is 5.56 Å². The van der Waals surface area contributed by atoms with Crippen molar-refractivity contribution in [2.75, 3.05) is 18.0 Å². The Kier molecular flexibility index (Phi) is 5.22. The molecule has 2 aromatic carbocycles. The van der Waals surface area contributed by atoms with Gasteiger partial charge in [0.05, 0.1) is 11.2 Å². The monoisotopic (exact) mass is 382 g/mol. The lowest BCUT2D eigenvalue weighted by Gasteiger charge is -2.32. The maximum Gasteiger partial charge on any atom is 0.226 e. The Balaban J connectivity index is 1.39. The lowest BCUT2D eigenvalue weighted by molar-refractivity contribution is 0.404. The predicted molar refractivity (Wildman–Crippen MR) is 107 cm³/mol. The Morgan fingerprint density at radius 1 is 1.07 bits per heavy atom. The van der Waals surface area contributed by atoms with Gasteiger partial charge >= 0.3 is 0 Å². The zero-order valence-electron chi connectivity index (χ0n) is 16.2. The average Bonchev–Trinajstić information content (AvgIpc) is 2.70. The van der Waals surface area contributed by atoms with E-state index in [1.54, 1.807) is 12.1 Å². The third kappa shape index (κ3) is 3.83. The fraction of sp³-hybridized carbons (Fsp3) is 0.364. The smallest absolute Gasteiger partial charge is 0.226 e. The minimum absolute atomic E-state index is 0.267. The summed E-state index contributed by atoms with van der Waals surface area (Å²) in [6.45, 7) is 6.09. The molecule has 1 aromatic heterocycles. The Morgan fingerprint density at radius 2 is 1.86 bits per heavy atom. The van der Waals surface area contributed by atoms with Crippen molar-refractivity contribution in [1.82, 2.24) is 15.3 Å². The van der Waals surface area contributed by atoms with Crippen molar-refractivity contribution in [3.63, 3.8) is 0 Å². The van der Waals surface area contributed by atoms with E-state index in [9.17, 15) is 8.78 Å². The SMILES string of the molecule is Cc1ccc2nc(N3CCC(NCc4cccc(F)c4F)CC3)nc(C)c2c1. The number of rotatable bonds is 4. The van der Waals surface area contributed by atoms with Crippen molar-refractivity contribution in [1.29, 1.82) is 0 Å². The molecule has 1 aliphatic heterocycles. The fourth-order valence-corrected chi connectivity index (χ4v) is 3.74. The minimum atomic E-state index is -0.798. The molecular weight excluding hydrogens is 358 g/mol. The van der Waals surface area contributed by atoms with Gasteiger partial charge < -0.3 is 10.2 Å². The quantitative estimate of drug-likeness (QED) is 0.731. The maximum atomic E-state index is 13.8. The largest absolute Gasteiger partial charge is 0.341 e. The van der Waals surface area contributed by atoms with Crippen molar-refractivity contribution in [3.05, 3.63) is 64.9 Å². The summed E-state index contributed by atoms with van der Waals surface area (Å²) in [6.07, 6.45) is 1.82. The highest BCUT2D eigenvalue weighted by Crippen LogP contribution is 2.23. The average molecular weight is 382 g/mol. The summed E-state index contributed by atoms with van der Waals surface area (Å²) in [5.41, 5.74) is 3.53. The molecule has 1 fully saturated rings. The van der Waals surface area contributed by atoms with Crippen molar-refractivity contribution in [2.24, 2.45) is 0 Å². The molecule has 3 aromatic rings. The van der Waals surface area contributed by atoms with Gasteiger partial charge in [0.15, 0.2) is 11.6 Å². The second kappa shape index (κ2) is 7.80. The van der Waals surface area contributed by atoms with Gasteiger partial charge in [-0.2, -0.15) is 0 Å². The van der Waals surface area contributed by atoms with Crippen LogP contribution in [-0.4, -0.2) is 29.1 Å². The molecule has 0 amide bonds. The number of hydrogen-bond donors (Lipinski definition) is 1. The van der Waals surface area contributed by atoms with Gasteiger partial charge in [0, 0.05) is 36.6 Å². The third-order valence-electron chi connectivity index (χ3n) is 5.42. The van der Waals surface area contributed by atoms with Crippen LogP contribution in [0.4, 0.5) is 14.7 Å². The minimum Gasteiger partial charge on any atom is -0.341 e. The van der Waals surface area contributed by atoms with Crippen LogP contribution in [0.25, 0.3) is 10.9 Å². The molecule has 28 heavy (non-hydrogen) atoms. The molecule has 1 N–H and O–H groups in total. The molecule has 6 heteroatoms. The number of halogens is 2. The zero-order valence-corrected chi connectivity index (χ0v) is 16.2. The number of anilines is 1. The van der Waals surface area contributed by atoms with Crippen LogP contribution in [0.15, 0.2) is 36.4 Å². The number of aromatic nitrogens is 2. The maximum absolute atomic E-state index is 13.8. The van der Waals surface area contributed by atoms with Gasteiger partial charge in [-0.15, -0.1) is 0 Å². The lowest BCUT2D eigenvalue weighted by atomic mass is 10.0. The van der Waals surface area contributed by atoms with Gasteiger partial charge in [0.2, 0.25) is 5.95 Å². The third-order valence-corrected chi connectivity index (χ3v) is 5.42. The van der Waals surface area contributed by atoms with Crippen molar-refractivity contribution >= 4 is 16.9 Å². The van der Waals surface area contributed by atoms with Crippen LogP contribution in [0, 0.1) is 25.5 Å². The summed E-state index contributed by atoms with van der Waals surface area (Å²) in [5, 5.41) is 4.45. The van der Waals surface area contributed by atoms with Crippen LogP contribution in [0.5, 0.6) is 0 Å². The number of piperidine rings is 1. The summed E-state index contributed by atoms with van der Waals surface area (Å²) < 4.78 is 27.1. The zero-order chi connectivity index (χ0) is 19.7. The first-order valence-electron chi connectivity index (χ1n) is 9.67. The van der Waals surface area contributed by atoms with E-state index in [-0.39, 0.29) is 6.04 Å². The van der Waals surface area contributed by atoms with E-state index >= 15 is 0 Å². The predicted octanol–water partition coefficient (Wildman–Crippen LogP) is 4.28. The molecule has 0 saturated carbocycles. The molecule has 0 radical (unpaired) electrons. The number of aryl methyl sites for hydroxylation is 2. The highest BCUT2D eigenvalue weighted by molar-refractivity contribution is 5.82. The van der Waals surface area contributed by atoms with Gasteiger partial charge in [0.1, 0.15) is 0 Å². The van der Waals surface area contributed by atoms with E-state index in [0.29, 0.717) is 12.1 Å². The van der Waals surface area contributed by atoms with E-state index in [4.69, 9.17) is 9.97 Å². The second-order valence-corrected chi connectivity index (χ2v) is 7.48. The first kappa shape index (κ1) is 18.7. The van der Waals surface area contributed by atoms with Gasteiger partial charge in [-0.3, -0.25) is 0 Å². The highest BCUT2D eigenvalue weighted by atomic mass is 19.2. The molecule has 0 bridgehead atoms. The van der Waals surface area contributed by atoms with E-state index in [2.05, 4.69) is 29.3 Å². The Morgan fingerprint density at radius 3 is 2.64 bits per heavy atom. The molecule has 2 heterocycles. The van der Waals surface area contributed by atoms with Gasteiger partial charge in [0.25, 0.3) is 0 Å². The summed E-state index contributed by atoms with van der Waals surface area (Å²) in [5.74, 6) is -0.792. The summed E-state index contributed by atoms with van der Waals surface area (Å²) in [7, 11) is 0. The Bertz CT molecular complexity index is 997. The number of benzene rings is 2. The highest BCUT2D eigenvalue weighted by Gasteiger charge is 2.22. The first-order valence-corrected chi connectivity index (χ1v) is 9.67. The molecular formula is C22H24F2N4. The molecule has 0 spiro atoms. The van der Waals surface area contributed by atoms with E-state index in [1.807, 2.05) is 13.0 Å². The van der Waals surface area contributed by atoms with Crippen LogP contribution in [0.1, 0.15) is 29.7 Å². The molecule has 4 nitrogen and oxygen atoms in total. The Labute approximate surface area is 163 Å². The molecule has 1 aliphatic rings. The molecule has 4 rings (SSSR count). The number of nitrogens with zero attached hydrogens (tertiary/aromatic N) is 3. The first-order chi connectivity index (χ1) is 13.5. The normalized spacial score (nSPS) is 15.4. The molecule has 0 unspecified atom stereocenters. The van der Waals surface area contributed by atoms with Crippen molar-refractivity contribution in [2.45, 2.75) is 39.3 Å². The fourth-order valence-electron chi connectivity index (χ4n) is 3.74. The Hall–Kier alpha value is -2.60. The van der Waals surface area contributed by atoms with Crippen LogP contribution in [0.3, 0.4) is 0 Å². The van der Waals surface area contributed by atoms with Crippen LogP contribution >= 0.6 is 0 Å². The van der Waals surface area contributed by atoms with Crippen LogP contribution < -0.4 is 10.2 Å². The number of nitrogens with one attached hydrogen (secondary N) is 1. The van der Waals surface area contributed by atoms with Gasteiger partial charge in [-0.25, -0.2) is 18.7 Å². The van der Waals surface area contributed by atoms with Gasteiger partial charge in [-0.1, -0.05) is 23.8 Å². The summed E-state index contributed by atoms with van der Waals surface area (Å²) in [6, 6.07) is 10.8. The molecule has 146 valence electrons. The van der Waals surface area contributed by atoms with Gasteiger partial charge in [-0.05, 0) is 44.9 Å². The second-order valence-electron chi connectivity index (χ2n) is 7.48. The summed E-state index contributed by atoms with van der Waals surface area (Å²) >= 11 is 0.